The SMILES string of the molecule is O=C(CCOc1ccccc1)NCCc1nc2ccc(F)cc2[nH]1. The zero-order chi connectivity index (χ0) is 16.8. The highest BCUT2D eigenvalue weighted by atomic mass is 19.1. The second-order valence-electron chi connectivity index (χ2n) is 5.36. The minimum Gasteiger partial charge on any atom is -0.493 e. The highest BCUT2D eigenvalue weighted by Gasteiger charge is 2.05. The first-order valence-electron chi connectivity index (χ1n) is 7.79. The van der Waals surface area contributed by atoms with Gasteiger partial charge in [-0.25, -0.2) is 9.37 Å². The molecular weight excluding hydrogens is 309 g/mol. The van der Waals surface area contributed by atoms with Gasteiger partial charge in [0.2, 0.25) is 5.91 Å². The van der Waals surface area contributed by atoms with Gasteiger partial charge in [0, 0.05) is 13.0 Å². The van der Waals surface area contributed by atoms with Crippen molar-refractivity contribution in [1.82, 2.24) is 15.3 Å². The summed E-state index contributed by atoms with van der Waals surface area (Å²) in [7, 11) is 0. The van der Waals surface area contributed by atoms with Crippen LogP contribution in [0.5, 0.6) is 5.75 Å². The van der Waals surface area contributed by atoms with Crippen molar-refractivity contribution in [2.24, 2.45) is 0 Å². The Labute approximate surface area is 138 Å². The van der Waals surface area contributed by atoms with Crippen LogP contribution in [0, 0.1) is 5.82 Å². The number of nitrogens with one attached hydrogen (secondary N) is 2. The number of aromatic amines is 1. The van der Waals surface area contributed by atoms with Gasteiger partial charge in [-0.15, -0.1) is 0 Å². The van der Waals surface area contributed by atoms with Crippen LogP contribution in [0.25, 0.3) is 11.0 Å². The second kappa shape index (κ2) is 7.59. The number of aromatic nitrogens is 2. The van der Waals surface area contributed by atoms with E-state index in [0.29, 0.717) is 37.0 Å². The molecule has 3 rings (SSSR count). The van der Waals surface area contributed by atoms with E-state index in [9.17, 15) is 9.18 Å². The van der Waals surface area contributed by atoms with Crippen LogP contribution in [-0.4, -0.2) is 29.0 Å². The number of fused-ring (bicyclic) bond motifs is 1. The number of benzene rings is 2. The van der Waals surface area contributed by atoms with Crippen LogP contribution < -0.4 is 10.1 Å². The zero-order valence-electron chi connectivity index (χ0n) is 13.1. The fourth-order valence-electron chi connectivity index (χ4n) is 2.34. The number of amides is 1. The minimum absolute atomic E-state index is 0.0758. The van der Waals surface area contributed by atoms with Gasteiger partial charge in [-0.3, -0.25) is 4.79 Å². The maximum Gasteiger partial charge on any atom is 0.223 e. The van der Waals surface area contributed by atoms with E-state index in [-0.39, 0.29) is 11.7 Å². The topological polar surface area (TPSA) is 67.0 Å². The lowest BCUT2D eigenvalue weighted by Crippen LogP contribution is -2.27. The standard InChI is InChI=1S/C18H18FN3O2/c19-13-6-7-15-16(12-13)22-17(21-15)8-10-20-18(23)9-11-24-14-4-2-1-3-5-14/h1-7,12H,8-11H2,(H,20,23)(H,21,22). The Morgan fingerprint density at radius 3 is 2.88 bits per heavy atom. The van der Waals surface area contributed by atoms with E-state index in [2.05, 4.69) is 15.3 Å². The number of rotatable bonds is 7. The third kappa shape index (κ3) is 4.32. The average molecular weight is 327 g/mol. The maximum absolute atomic E-state index is 13.1. The molecule has 0 bridgehead atoms. The van der Waals surface area contributed by atoms with Crippen molar-refractivity contribution in [2.75, 3.05) is 13.2 Å². The third-order valence-electron chi connectivity index (χ3n) is 3.52. The monoisotopic (exact) mass is 327 g/mol. The quantitative estimate of drug-likeness (QED) is 0.701. The molecule has 0 saturated heterocycles. The van der Waals surface area contributed by atoms with Crippen molar-refractivity contribution in [1.29, 1.82) is 0 Å². The Morgan fingerprint density at radius 2 is 2.04 bits per heavy atom. The van der Waals surface area contributed by atoms with Crippen molar-refractivity contribution in [3.63, 3.8) is 0 Å². The fraction of sp³-hybridized carbons (Fsp3) is 0.222. The molecule has 2 aromatic carbocycles. The van der Waals surface area contributed by atoms with E-state index < -0.39 is 0 Å². The molecular formula is C18H18FN3O2. The van der Waals surface area contributed by atoms with Crippen molar-refractivity contribution < 1.29 is 13.9 Å². The van der Waals surface area contributed by atoms with E-state index in [0.717, 1.165) is 11.6 Å². The molecule has 0 aliphatic carbocycles. The number of para-hydroxylation sites is 1. The molecule has 0 spiro atoms. The molecule has 124 valence electrons. The lowest BCUT2D eigenvalue weighted by atomic mass is 10.3. The highest BCUT2D eigenvalue weighted by Crippen LogP contribution is 2.13. The molecule has 0 fully saturated rings. The van der Waals surface area contributed by atoms with Crippen LogP contribution in [0.1, 0.15) is 12.2 Å². The average Bonchev–Trinajstić information content (AvgIpc) is 2.97. The Hall–Kier alpha value is -2.89. The lowest BCUT2D eigenvalue weighted by molar-refractivity contribution is -0.121. The van der Waals surface area contributed by atoms with Crippen molar-refractivity contribution in [3.05, 3.63) is 60.2 Å². The van der Waals surface area contributed by atoms with Gasteiger partial charge in [-0.05, 0) is 30.3 Å². The molecule has 24 heavy (non-hydrogen) atoms. The molecule has 0 atom stereocenters. The highest BCUT2D eigenvalue weighted by molar-refractivity contribution is 5.76. The summed E-state index contributed by atoms with van der Waals surface area (Å²) in [5.74, 6) is 1.09. The Bertz CT molecular complexity index is 818. The summed E-state index contributed by atoms with van der Waals surface area (Å²) in [6.07, 6.45) is 0.849. The minimum atomic E-state index is -0.301. The van der Waals surface area contributed by atoms with Crippen LogP contribution in [0.3, 0.4) is 0 Å². The summed E-state index contributed by atoms with van der Waals surface area (Å²) in [5, 5.41) is 2.82. The third-order valence-corrected chi connectivity index (χ3v) is 3.52. The Morgan fingerprint density at radius 1 is 1.21 bits per heavy atom. The first kappa shape index (κ1) is 16.0. The van der Waals surface area contributed by atoms with Crippen LogP contribution in [0.4, 0.5) is 4.39 Å². The molecule has 0 saturated carbocycles. The van der Waals surface area contributed by atoms with Gasteiger partial charge < -0.3 is 15.0 Å². The van der Waals surface area contributed by atoms with E-state index in [4.69, 9.17) is 4.74 Å². The summed E-state index contributed by atoms with van der Waals surface area (Å²) in [4.78, 5) is 19.2. The fourth-order valence-corrected chi connectivity index (χ4v) is 2.34. The molecule has 3 aromatic rings. The van der Waals surface area contributed by atoms with E-state index in [1.165, 1.54) is 12.1 Å². The molecule has 0 aliphatic rings. The molecule has 0 radical (unpaired) electrons. The first-order valence-corrected chi connectivity index (χ1v) is 7.79. The predicted molar refractivity (Wildman–Crippen MR) is 89.3 cm³/mol. The number of hydrogen-bond donors (Lipinski definition) is 2. The maximum atomic E-state index is 13.1. The number of carbonyl (C=O) groups is 1. The van der Waals surface area contributed by atoms with Crippen LogP contribution in [0.2, 0.25) is 0 Å². The van der Waals surface area contributed by atoms with Gasteiger partial charge in [-0.1, -0.05) is 18.2 Å². The molecule has 1 heterocycles. The second-order valence-corrected chi connectivity index (χ2v) is 5.36. The Balaban J connectivity index is 1.39. The summed E-state index contributed by atoms with van der Waals surface area (Å²) < 4.78 is 18.6. The molecule has 1 amide bonds. The van der Waals surface area contributed by atoms with Gasteiger partial charge in [0.05, 0.1) is 24.1 Å². The van der Waals surface area contributed by atoms with Crippen LogP contribution >= 0.6 is 0 Å². The van der Waals surface area contributed by atoms with Crippen molar-refractivity contribution >= 4 is 16.9 Å². The van der Waals surface area contributed by atoms with Crippen molar-refractivity contribution in [3.8, 4) is 5.75 Å². The smallest absolute Gasteiger partial charge is 0.223 e. The van der Waals surface area contributed by atoms with Crippen LogP contribution in [-0.2, 0) is 11.2 Å². The van der Waals surface area contributed by atoms with Crippen LogP contribution in [0.15, 0.2) is 48.5 Å². The largest absolute Gasteiger partial charge is 0.493 e. The number of nitrogens with zero attached hydrogens (tertiary/aromatic N) is 1. The number of halogens is 1. The number of carbonyl (C=O) groups excluding carboxylic acids is 1. The first-order chi connectivity index (χ1) is 11.7. The number of H-pyrrole nitrogens is 1. The van der Waals surface area contributed by atoms with Gasteiger partial charge in [0.1, 0.15) is 17.4 Å². The summed E-state index contributed by atoms with van der Waals surface area (Å²) >= 11 is 0. The summed E-state index contributed by atoms with van der Waals surface area (Å²) in [6, 6.07) is 13.8. The summed E-state index contributed by atoms with van der Waals surface area (Å²) in [5.41, 5.74) is 1.38. The van der Waals surface area contributed by atoms with E-state index in [1.807, 2.05) is 30.3 Å². The van der Waals surface area contributed by atoms with Gasteiger partial charge in [-0.2, -0.15) is 0 Å². The molecule has 2 N–H and O–H groups in total. The van der Waals surface area contributed by atoms with Gasteiger partial charge in [0.15, 0.2) is 0 Å². The molecule has 1 aromatic heterocycles. The summed E-state index contributed by atoms with van der Waals surface area (Å²) in [6.45, 7) is 0.798. The number of hydrogen-bond acceptors (Lipinski definition) is 3. The molecule has 0 unspecified atom stereocenters. The van der Waals surface area contributed by atoms with Crippen molar-refractivity contribution in [2.45, 2.75) is 12.8 Å². The Kier molecular flexibility index (Phi) is 5.05. The lowest BCUT2D eigenvalue weighted by Gasteiger charge is -2.06. The van der Waals surface area contributed by atoms with Gasteiger partial charge in [0.25, 0.3) is 0 Å². The molecule has 0 aliphatic heterocycles. The number of imidazole rings is 1. The zero-order valence-corrected chi connectivity index (χ0v) is 13.1. The molecule has 6 heteroatoms. The van der Waals surface area contributed by atoms with Gasteiger partial charge >= 0.3 is 0 Å². The number of ether oxygens (including phenoxy) is 1. The van der Waals surface area contributed by atoms with E-state index >= 15 is 0 Å². The predicted octanol–water partition coefficient (Wildman–Crippen LogP) is 2.83. The van der Waals surface area contributed by atoms with E-state index in [1.54, 1.807) is 6.07 Å². The molecule has 5 nitrogen and oxygen atoms in total. The normalized spacial score (nSPS) is 10.7.